The summed E-state index contributed by atoms with van der Waals surface area (Å²) in [6.07, 6.45) is 0.391. The number of alkyl halides is 2. The van der Waals surface area contributed by atoms with E-state index in [9.17, 15) is 23.2 Å². The number of Topliss-reactive ketones (excluding diaryl/α,β-unsaturated/α-hetero) is 1. The van der Waals surface area contributed by atoms with Crippen molar-refractivity contribution in [1.29, 1.82) is 5.26 Å². The predicted molar refractivity (Wildman–Crippen MR) is 93.4 cm³/mol. The zero-order chi connectivity index (χ0) is 19.8. The van der Waals surface area contributed by atoms with Crippen molar-refractivity contribution >= 4 is 22.5 Å². The molecule has 1 unspecified atom stereocenters. The van der Waals surface area contributed by atoms with Crippen molar-refractivity contribution < 1.29 is 18.4 Å². The zero-order valence-corrected chi connectivity index (χ0v) is 14.5. The average Bonchev–Trinajstić information content (AvgIpc) is 2.96. The lowest BCUT2D eigenvalue weighted by Gasteiger charge is -2.23. The van der Waals surface area contributed by atoms with Gasteiger partial charge in [0.05, 0.1) is 12.6 Å². The van der Waals surface area contributed by atoms with Crippen molar-refractivity contribution in [3.63, 3.8) is 0 Å². The molecule has 1 aliphatic heterocycles. The van der Waals surface area contributed by atoms with E-state index in [1.54, 1.807) is 30.3 Å². The van der Waals surface area contributed by atoms with Gasteiger partial charge in [-0.1, -0.05) is 25.1 Å². The number of amides is 1. The van der Waals surface area contributed by atoms with Crippen molar-refractivity contribution in [2.45, 2.75) is 31.7 Å². The van der Waals surface area contributed by atoms with E-state index in [4.69, 9.17) is 5.26 Å². The molecule has 0 radical (unpaired) electrons. The molecule has 1 fully saturated rings. The van der Waals surface area contributed by atoms with Crippen LogP contribution in [0.25, 0.3) is 10.8 Å². The highest BCUT2D eigenvalue weighted by atomic mass is 19.3. The number of carbonyl (C=O) groups is 2. The van der Waals surface area contributed by atoms with Crippen LogP contribution < -0.4 is 5.56 Å². The lowest BCUT2D eigenvalue weighted by molar-refractivity contribution is -0.136. The molecule has 1 N–H and O–H groups in total. The van der Waals surface area contributed by atoms with Gasteiger partial charge in [-0.2, -0.15) is 5.26 Å². The maximum absolute atomic E-state index is 13.5. The molecule has 8 heteroatoms. The van der Waals surface area contributed by atoms with Crippen molar-refractivity contribution in [2.24, 2.45) is 5.92 Å². The largest absolute Gasteiger partial charge is 0.328 e. The topological polar surface area (TPSA) is 94.0 Å². The van der Waals surface area contributed by atoms with Gasteiger partial charge in [-0.15, -0.1) is 0 Å². The Balaban J connectivity index is 1.81. The molecular weight excluding hydrogens is 356 g/mol. The molecule has 140 valence electrons. The van der Waals surface area contributed by atoms with Gasteiger partial charge < -0.3 is 9.88 Å². The third-order valence-electron chi connectivity index (χ3n) is 4.73. The molecule has 1 amide bonds. The minimum absolute atomic E-state index is 0.213. The fraction of sp³-hybridized carbons (Fsp3) is 0.368. The van der Waals surface area contributed by atoms with E-state index in [1.165, 1.54) is 13.1 Å². The van der Waals surface area contributed by atoms with E-state index in [0.29, 0.717) is 10.8 Å². The molecule has 0 bridgehead atoms. The van der Waals surface area contributed by atoms with Crippen LogP contribution in [0.5, 0.6) is 0 Å². The maximum Gasteiger partial charge on any atom is 0.268 e. The van der Waals surface area contributed by atoms with Gasteiger partial charge in [0.15, 0.2) is 5.78 Å². The van der Waals surface area contributed by atoms with Crippen LogP contribution in [0.2, 0.25) is 0 Å². The summed E-state index contributed by atoms with van der Waals surface area (Å²) >= 11 is 0. The number of benzene rings is 1. The van der Waals surface area contributed by atoms with Crippen LogP contribution in [0.1, 0.15) is 30.1 Å². The van der Waals surface area contributed by atoms with Gasteiger partial charge in [0.1, 0.15) is 6.04 Å². The number of nitrogens with one attached hydrogen (secondary N) is 1. The van der Waals surface area contributed by atoms with Gasteiger partial charge in [0.2, 0.25) is 5.91 Å². The monoisotopic (exact) mass is 373 g/mol. The number of H-pyrrole nitrogens is 1. The van der Waals surface area contributed by atoms with Crippen molar-refractivity contribution in [3.8, 4) is 6.07 Å². The Labute approximate surface area is 153 Å². The fourth-order valence-electron chi connectivity index (χ4n) is 3.36. The lowest BCUT2D eigenvalue weighted by Crippen LogP contribution is -2.39. The molecule has 0 aliphatic carbocycles. The lowest BCUT2D eigenvalue weighted by atomic mass is 9.96. The number of carbonyl (C=O) groups excluding carboxylic acids is 2. The molecule has 2 aromatic rings. The maximum atomic E-state index is 13.5. The highest BCUT2D eigenvalue weighted by Crippen LogP contribution is 2.33. The molecule has 2 heterocycles. The van der Waals surface area contributed by atoms with Gasteiger partial charge in [-0.3, -0.25) is 14.4 Å². The van der Waals surface area contributed by atoms with Crippen LogP contribution in [0.4, 0.5) is 8.78 Å². The minimum atomic E-state index is -3.10. The number of rotatable bonds is 4. The predicted octanol–water partition coefficient (Wildman–Crippen LogP) is 2.50. The van der Waals surface area contributed by atoms with E-state index in [-0.39, 0.29) is 23.3 Å². The van der Waals surface area contributed by atoms with Crippen molar-refractivity contribution in [2.75, 3.05) is 6.54 Å². The van der Waals surface area contributed by atoms with Gasteiger partial charge in [0.25, 0.3) is 11.5 Å². The SMILES string of the molecule is CC(CC(=O)c1c[nH]c(=O)c2ccccc12)C(=O)N1CC(F)(F)C[C@H]1C#N. The number of aromatic amines is 1. The standard InChI is InChI=1S/C19H17F2N3O3/c1-11(18(27)24-10-19(20,21)7-12(24)8-22)6-16(25)15-9-23-17(26)14-5-3-2-4-13(14)15/h2-5,9,11-12H,6-7,10H2,1H3,(H,23,26)/t11?,12-/m0/s1. The molecule has 1 aromatic carbocycles. The van der Waals surface area contributed by atoms with Gasteiger partial charge in [-0.05, 0) is 11.5 Å². The molecule has 1 saturated heterocycles. The molecule has 0 saturated carbocycles. The number of hydrogen-bond acceptors (Lipinski definition) is 4. The number of likely N-dealkylation sites (tertiary alicyclic amines) is 1. The molecular formula is C19H17F2N3O3. The van der Waals surface area contributed by atoms with E-state index < -0.39 is 36.8 Å². The van der Waals surface area contributed by atoms with Crippen LogP contribution in [0.15, 0.2) is 35.3 Å². The minimum Gasteiger partial charge on any atom is -0.328 e. The molecule has 1 aliphatic rings. The summed E-state index contributed by atoms with van der Waals surface area (Å²) in [4.78, 5) is 40.4. The van der Waals surface area contributed by atoms with E-state index in [0.717, 1.165) is 4.90 Å². The molecule has 3 rings (SSSR count). The Morgan fingerprint density at radius 1 is 1.37 bits per heavy atom. The van der Waals surface area contributed by atoms with E-state index >= 15 is 0 Å². The summed E-state index contributed by atoms with van der Waals surface area (Å²) in [5.41, 5.74) is -0.0733. The van der Waals surface area contributed by atoms with Gasteiger partial charge in [0, 0.05) is 35.9 Å². The number of aromatic nitrogens is 1. The van der Waals surface area contributed by atoms with Gasteiger partial charge in [-0.25, -0.2) is 8.78 Å². The summed E-state index contributed by atoms with van der Waals surface area (Å²) in [6.45, 7) is 0.656. The number of pyridine rings is 1. The average molecular weight is 373 g/mol. The van der Waals surface area contributed by atoms with Crippen LogP contribution in [-0.2, 0) is 4.79 Å². The number of nitriles is 1. The second-order valence-corrected chi connectivity index (χ2v) is 6.78. The summed E-state index contributed by atoms with van der Waals surface area (Å²) in [6, 6.07) is 7.11. The third-order valence-corrected chi connectivity index (χ3v) is 4.73. The normalized spacial score (nSPS) is 19.6. The number of nitrogens with zero attached hydrogens (tertiary/aromatic N) is 2. The zero-order valence-electron chi connectivity index (χ0n) is 14.5. The number of halogens is 2. The summed E-state index contributed by atoms with van der Waals surface area (Å²) in [5.74, 6) is -5.01. The second-order valence-electron chi connectivity index (χ2n) is 6.78. The summed E-state index contributed by atoms with van der Waals surface area (Å²) in [5, 5.41) is 9.84. The first-order valence-corrected chi connectivity index (χ1v) is 8.45. The van der Waals surface area contributed by atoms with Crippen LogP contribution in [0, 0.1) is 17.2 Å². The Bertz CT molecular complexity index is 1010. The van der Waals surface area contributed by atoms with Gasteiger partial charge >= 0.3 is 0 Å². The first-order valence-electron chi connectivity index (χ1n) is 8.45. The number of fused-ring (bicyclic) bond motifs is 1. The molecule has 2 atom stereocenters. The Hall–Kier alpha value is -3.08. The highest BCUT2D eigenvalue weighted by molar-refractivity contribution is 6.08. The quantitative estimate of drug-likeness (QED) is 0.833. The summed E-state index contributed by atoms with van der Waals surface area (Å²) in [7, 11) is 0. The molecule has 0 spiro atoms. The van der Waals surface area contributed by atoms with Crippen molar-refractivity contribution in [1.82, 2.24) is 9.88 Å². The molecule has 27 heavy (non-hydrogen) atoms. The summed E-state index contributed by atoms with van der Waals surface area (Å²) < 4.78 is 27.1. The highest BCUT2D eigenvalue weighted by Gasteiger charge is 2.48. The van der Waals surface area contributed by atoms with Crippen LogP contribution in [-0.4, -0.2) is 40.1 Å². The van der Waals surface area contributed by atoms with E-state index in [2.05, 4.69) is 4.98 Å². The third kappa shape index (κ3) is 3.58. The number of ketones is 1. The Morgan fingerprint density at radius 3 is 2.70 bits per heavy atom. The first kappa shape index (κ1) is 18.7. The first-order chi connectivity index (χ1) is 12.7. The fourth-order valence-corrected chi connectivity index (χ4v) is 3.36. The molecule has 1 aromatic heterocycles. The van der Waals surface area contributed by atoms with E-state index in [1.807, 2.05) is 0 Å². The molecule has 6 nitrogen and oxygen atoms in total. The smallest absolute Gasteiger partial charge is 0.268 e. The Morgan fingerprint density at radius 2 is 2.04 bits per heavy atom. The van der Waals surface area contributed by atoms with Crippen LogP contribution in [0.3, 0.4) is 0 Å². The Kier molecular flexibility index (Phi) is 4.79. The second kappa shape index (κ2) is 6.91. The van der Waals surface area contributed by atoms with Crippen LogP contribution >= 0.6 is 0 Å². The van der Waals surface area contributed by atoms with Crippen molar-refractivity contribution in [3.05, 3.63) is 46.4 Å². The number of hydrogen-bond donors (Lipinski definition) is 1.